The van der Waals surface area contributed by atoms with Crippen molar-refractivity contribution in [1.82, 2.24) is 18.9 Å². The summed E-state index contributed by atoms with van der Waals surface area (Å²) in [6.07, 6.45) is -8.84. The van der Waals surface area contributed by atoms with Gasteiger partial charge in [0, 0.05) is 24.3 Å². The summed E-state index contributed by atoms with van der Waals surface area (Å²) in [5.74, 6) is -1.01. The zero-order chi connectivity index (χ0) is 30.9. The number of amides is 1. The third-order valence-corrected chi connectivity index (χ3v) is 7.84. The molecule has 1 amide bonds. The number of aromatic nitrogens is 3. The number of aliphatic hydroxyl groups excluding tert-OH is 2. The number of nitrogens with zero attached hydrogens (tertiary/aromatic N) is 4. The first-order valence-electron chi connectivity index (χ1n) is 11.9. The van der Waals surface area contributed by atoms with E-state index in [0.717, 1.165) is 28.7 Å². The number of halogens is 6. The number of nitrogens with one attached hydrogen (secondary N) is 1. The minimum absolute atomic E-state index is 0.0664. The molecule has 0 unspecified atom stereocenters. The molecule has 0 saturated heterocycles. The summed E-state index contributed by atoms with van der Waals surface area (Å²) in [6, 6.07) is 8.72. The molecule has 0 aliphatic carbocycles. The molecule has 42 heavy (non-hydrogen) atoms. The van der Waals surface area contributed by atoms with Gasteiger partial charge >= 0.3 is 12.4 Å². The van der Waals surface area contributed by atoms with Crippen LogP contribution in [0.3, 0.4) is 0 Å². The van der Waals surface area contributed by atoms with Crippen LogP contribution in [0.2, 0.25) is 0 Å². The molecule has 0 aliphatic rings. The van der Waals surface area contributed by atoms with Crippen LogP contribution < -0.4 is 5.32 Å². The van der Waals surface area contributed by atoms with Crippen molar-refractivity contribution in [3.05, 3.63) is 77.6 Å². The Hall–Kier alpha value is -4.06. The summed E-state index contributed by atoms with van der Waals surface area (Å²) in [5, 5.41) is 24.3. The average molecular weight is 618 g/mol. The van der Waals surface area contributed by atoms with E-state index in [9.17, 15) is 49.8 Å². The minimum atomic E-state index is -4.99. The maximum Gasteiger partial charge on any atom is 0.433 e. The Kier molecular flexibility index (Phi) is 8.58. The van der Waals surface area contributed by atoms with E-state index in [0.29, 0.717) is 22.7 Å². The van der Waals surface area contributed by atoms with E-state index in [-0.39, 0.29) is 34.9 Å². The molecule has 2 heterocycles. The fourth-order valence-corrected chi connectivity index (χ4v) is 5.43. The number of hydrogen-bond donors (Lipinski definition) is 3. The van der Waals surface area contributed by atoms with Crippen molar-refractivity contribution in [3.8, 4) is 11.3 Å². The van der Waals surface area contributed by atoms with Gasteiger partial charge in [0.15, 0.2) is 11.3 Å². The van der Waals surface area contributed by atoms with Crippen molar-refractivity contribution >= 4 is 27.3 Å². The lowest BCUT2D eigenvalue weighted by atomic mass is 10.1. The van der Waals surface area contributed by atoms with Crippen molar-refractivity contribution in [3.63, 3.8) is 0 Å². The molecule has 2 aromatic carbocycles. The van der Waals surface area contributed by atoms with Gasteiger partial charge in [-0.1, -0.05) is 18.2 Å². The monoisotopic (exact) mass is 617 g/mol. The van der Waals surface area contributed by atoms with Gasteiger partial charge < -0.3 is 15.5 Å². The zero-order valence-electron chi connectivity index (χ0n) is 21.2. The van der Waals surface area contributed by atoms with Crippen LogP contribution in [0.5, 0.6) is 0 Å². The number of sulfonamides is 1. The molecule has 10 nitrogen and oxygen atoms in total. The fraction of sp³-hybridized carbons (Fsp3) is 0.240. The van der Waals surface area contributed by atoms with Crippen LogP contribution in [-0.4, -0.2) is 69.7 Å². The molecule has 0 spiro atoms. The molecule has 0 atom stereocenters. The van der Waals surface area contributed by atoms with Gasteiger partial charge in [-0.3, -0.25) is 4.79 Å². The van der Waals surface area contributed by atoms with Crippen LogP contribution in [0.25, 0.3) is 16.9 Å². The van der Waals surface area contributed by atoms with E-state index in [1.54, 1.807) is 0 Å². The lowest BCUT2D eigenvalue weighted by Crippen LogP contribution is -2.35. The summed E-state index contributed by atoms with van der Waals surface area (Å²) in [4.78, 5) is 16.9. The topological polar surface area (TPSA) is 137 Å². The first-order chi connectivity index (χ1) is 19.7. The quantitative estimate of drug-likeness (QED) is 0.244. The predicted octanol–water partition coefficient (Wildman–Crippen LogP) is 3.66. The van der Waals surface area contributed by atoms with Crippen LogP contribution in [-0.2, 0) is 22.4 Å². The summed E-state index contributed by atoms with van der Waals surface area (Å²) in [7, 11) is -4.20. The van der Waals surface area contributed by atoms with E-state index in [1.165, 1.54) is 18.2 Å². The first-order valence-corrected chi connectivity index (χ1v) is 13.4. The van der Waals surface area contributed by atoms with Crippen LogP contribution in [0.1, 0.15) is 21.6 Å². The fourth-order valence-electron chi connectivity index (χ4n) is 3.96. The van der Waals surface area contributed by atoms with Crippen LogP contribution >= 0.6 is 0 Å². The average Bonchev–Trinajstić information content (AvgIpc) is 3.36. The number of benzene rings is 2. The van der Waals surface area contributed by atoms with E-state index in [1.807, 2.05) is 0 Å². The molecule has 0 bridgehead atoms. The lowest BCUT2D eigenvalue weighted by Gasteiger charge is -2.20. The molecular weight excluding hydrogens is 596 g/mol. The second-order valence-electron chi connectivity index (χ2n) is 8.73. The molecule has 3 N–H and O–H groups in total. The molecule has 0 radical (unpaired) electrons. The Labute approximate surface area is 233 Å². The Bertz CT molecular complexity index is 1700. The van der Waals surface area contributed by atoms with Gasteiger partial charge in [0.25, 0.3) is 5.91 Å². The summed E-state index contributed by atoms with van der Waals surface area (Å²) < 4.78 is 108. The molecular formula is C25H21F6N5O5S. The van der Waals surface area contributed by atoms with Gasteiger partial charge in [-0.25, -0.2) is 17.9 Å². The highest BCUT2D eigenvalue weighted by atomic mass is 32.2. The molecule has 0 saturated carbocycles. The minimum Gasteiger partial charge on any atom is -0.395 e. The molecule has 4 aromatic rings. The Balaban J connectivity index is 1.72. The number of hydrogen-bond acceptors (Lipinski definition) is 7. The van der Waals surface area contributed by atoms with Gasteiger partial charge in [0.2, 0.25) is 10.0 Å². The zero-order valence-corrected chi connectivity index (χ0v) is 22.0. The maximum absolute atomic E-state index is 13.9. The maximum atomic E-state index is 13.9. The number of anilines is 1. The number of carbonyl (C=O) groups is 1. The molecule has 17 heteroatoms. The van der Waals surface area contributed by atoms with E-state index in [2.05, 4.69) is 15.4 Å². The second-order valence-corrected chi connectivity index (χ2v) is 10.7. The molecule has 2 aromatic heterocycles. The van der Waals surface area contributed by atoms with Gasteiger partial charge in [0.05, 0.1) is 35.6 Å². The second kappa shape index (κ2) is 11.7. The number of carbonyl (C=O) groups excluding carboxylic acids is 1. The summed E-state index contributed by atoms with van der Waals surface area (Å²) in [6.45, 7) is -1.66. The SMILES string of the molecule is O=C(Nc1cccc(S(=O)(=O)N(CCO)CCO)c1)c1cnn2c(C(F)(F)F)cc(-c3ccc(C(F)(F)F)cc3)nc12. The summed E-state index contributed by atoms with van der Waals surface area (Å²) >= 11 is 0. The standard InChI is InChI=1S/C25H21F6N5O5S/c26-24(27,28)16-6-4-15(5-7-16)20-13-21(25(29,30)31)36-22(34-20)19(14-32-36)23(39)33-17-2-1-3-18(12-17)42(40,41)35(8-10-37)9-11-38/h1-7,12-14,37-38H,8-11H2,(H,33,39). The highest BCUT2D eigenvalue weighted by Gasteiger charge is 2.36. The Morgan fingerprint density at radius 3 is 2.14 bits per heavy atom. The third kappa shape index (κ3) is 6.38. The molecule has 0 fully saturated rings. The smallest absolute Gasteiger partial charge is 0.395 e. The van der Waals surface area contributed by atoms with Crippen LogP contribution in [0.4, 0.5) is 32.0 Å². The van der Waals surface area contributed by atoms with Crippen LogP contribution in [0, 0.1) is 0 Å². The molecule has 4 rings (SSSR count). The Morgan fingerprint density at radius 2 is 1.57 bits per heavy atom. The Morgan fingerprint density at radius 1 is 0.929 bits per heavy atom. The van der Waals surface area contributed by atoms with E-state index in [4.69, 9.17) is 0 Å². The van der Waals surface area contributed by atoms with Gasteiger partial charge in [0.1, 0.15) is 5.56 Å². The van der Waals surface area contributed by atoms with Crippen molar-refractivity contribution < 1.29 is 49.8 Å². The number of alkyl halides is 6. The predicted molar refractivity (Wildman–Crippen MR) is 136 cm³/mol. The van der Waals surface area contributed by atoms with Crippen molar-refractivity contribution in [2.75, 3.05) is 31.6 Å². The molecule has 0 aliphatic heterocycles. The van der Waals surface area contributed by atoms with Crippen molar-refractivity contribution in [1.29, 1.82) is 0 Å². The number of aliphatic hydroxyl groups is 2. The summed E-state index contributed by atoms with van der Waals surface area (Å²) in [5.41, 5.74) is -3.89. The normalized spacial score (nSPS) is 12.7. The highest BCUT2D eigenvalue weighted by molar-refractivity contribution is 7.89. The van der Waals surface area contributed by atoms with E-state index >= 15 is 0 Å². The van der Waals surface area contributed by atoms with Crippen molar-refractivity contribution in [2.45, 2.75) is 17.2 Å². The highest BCUT2D eigenvalue weighted by Crippen LogP contribution is 2.34. The number of rotatable bonds is 9. The largest absolute Gasteiger partial charge is 0.433 e. The molecule has 224 valence electrons. The number of fused-ring (bicyclic) bond motifs is 1. The third-order valence-electron chi connectivity index (χ3n) is 5.94. The van der Waals surface area contributed by atoms with Crippen LogP contribution in [0.15, 0.2) is 65.7 Å². The van der Waals surface area contributed by atoms with Gasteiger partial charge in [-0.05, 0) is 36.4 Å². The van der Waals surface area contributed by atoms with E-state index < -0.39 is 64.0 Å². The van der Waals surface area contributed by atoms with Gasteiger partial charge in [-0.2, -0.15) is 35.7 Å². The first kappa shape index (κ1) is 30.9. The lowest BCUT2D eigenvalue weighted by molar-refractivity contribution is -0.142. The van der Waals surface area contributed by atoms with Crippen molar-refractivity contribution in [2.24, 2.45) is 0 Å². The van der Waals surface area contributed by atoms with Gasteiger partial charge in [-0.15, -0.1) is 0 Å².